The van der Waals surface area contributed by atoms with Gasteiger partial charge in [0.2, 0.25) is 0 Å². The highest BCUT2D eigenvalue weighted by Gasteiger charge is 2.33. The van der Waals surface area contributed by atoms with Crippen molar-refractivity contribution in [3.63, 3.8) is 0 Å². The Labute approximate surface area is 144 Å². The van der Waals surface area contributed by atoms with Gasteiger partial charge in [0.05, 0.1) is 6.10 Å². The minimum atomic E-state index is -4.74. The second-order valence-electron chi connectivity index (χ2n) is 6.57. The minimum absolute atomic E-state index is 0.207. The van der Waals surface area contributed by atoms with Crippen LogP contribution in [0.1, 0.15) is 23.2 Å². The number of carbonyl (C=O) groups excluding carboxylic acids is 1. The number of nitrogens with zero attached hydrogens (tertiary/aromatic N) is 2. The molecule has 3 rings (SSSR count). The average molecular weight is 358 g/mol. The van der Waals surface area contributed by atoms with Crippen molar-refractivity contribution in [2.75, 3.05) is 32.7 Å². The quantitative estimate of drug-likeness (QED) is 0.876. The monoisotopic (exact) mass is 358 g/mol. The van der Waals surface area contributed by atoms with Crippen molar-refractivity contribution in [1.82, 2.24) is 9.80 Å². The Hall–Kier alpha value is -1.80. The first kappa shape index (κ1) is 18.0. The highest BCUT2D eigenvalue weighted by molar-refractivity contribution is 5.94. The molecule has 1 heterocycles. The largest absolute Gasteiger partial charge is 0.573 e. The number of benzene rings is 1. The maximum Gasteiger partial charge on any atom is 0.573 e. The Balaban J connectivity index is 1.50. The zero-order chi connectivity index (χ0) is 18.0. The summed E-state index contributed by atoms with van der Waals surface area (Å²) in [5.41, 5.74) is 0.334. The van der Waals surface area contributed by atoms with E-state index >= 15 is 0 Å². The number of β-amino-alcohol motifs (C(OH)–C–C–N with tert-alkyl or cyclic N) is 1. The van der Waals surface area contributed by atoms with Crippen LogP contribution >= 0.6 is 0 Å². The third-order valence-corrected chi connectivity index (χ3v) is 4.61. The Morgan fingerprint density at radius 2 is 1.76 bits per heavy atom. The number of carbonyl (C=O) groups is 1. The Kier molecular flexibility index (Phi) is 5.19. The molecule has 5 nitrogen and oxygen atoms in total. The summed E-state index contributed by atoms with van der Waals surface area (Å²) in [5.74, 6) is -0.124. The van der Waals surface area contributed by atoms with Crippen LogP contribution in [-0.2, 0) is 0 Å². The molecule has 138 valence electrons. The number of aliphatic hydroxyl groups is 1. The van der Waals surface area contributed by atoms with Crippen LogP contribution in [0.3, 0.4) is 0 Å². The zero-order valence-corrected chi connectivity index (χ0v) is 13.7. The van der Waals surface area contributed by atoms with Crippen molar-refractivity contribution < 1.29 is 27.8 Å². The molecule has 1 saturated heterocycles. The van der Waals surface area contributed by atoms with E-state index in [0.717, 1.165) is 25.0 Å². The van der Waals surface area contributed by atoms with Gasteiger partial charge in [-0.15, -0.1) is 13.2 Å². The summed E-state index contributed by atoms with van der Waals surface area (Å²) in [4.78, 5) is 16.3. The van der Waals surface area contributed by atoms with E-state index in [1.165, 1.54) is 12.1 Å². The van der Waals surface area contributed by atoms with Crippen molar-refractivity contribution in [2.24, 2.45) is 5.92 Å². The van der Waals surface area contributed by atoms with Gasteiger partial charge in [-0.3, -0.25) is 9.69 Å². The summed E-state index contributed by atoms with van der Waals surface area (Å²) in [6.45, 7) is 3.08. The third-order valence-electron chi connectivity index (χ3n) is 4.61. The number of alkyl halides is 3. The molecule has 1 aromatic rings. The molecule has 2 aliphatic rings. The first-order valence-corrected chi connectivity index (χ1v) is 8.37. The molecule has 1 N–H and O–H groups in total. The van der Waals surface area contributed by atoms with E-state index in [9.17, 15) is 23.1 Å². The van der Waals surface area contributed by atoms with Crippen LogP contribution in [0, 0.1) is 5.92 Å². The number of ether oxygens (including phenoxy) is 1. The van der Waals surface area contributed by atoms with Crippen LogP contribution in [0.2, 0.25) is 0 Å². The topological polar surface area (TPSA) is 53.0 Å². The first-order valence-electron chi connectivity index (χ1n) is 8.37. The molecule has 0 spiro atoms. The first-order chi connectivity index (χ1) is 11.8. The maximum atomic E-state index is 12.4. The van der Waals surface area contributed by atoms with Gasteiger partial charge in [0.1, 0.15) is 5.75 Å². The van der Waals surface area contributed by atoms with E-state index in [-0.39, 0.29) is 17.8 Å². The molecule has 1 aromatic carbocycles. The highest BCUT2D eigenvalue weighted by atomic mass is 19.4. The van der Waals surface area contributed by atoms with Gasteiger partial charge in [-0.25, -0.2) is 0 Å². The van der Waals surface area contributed by atoms with E-state index in [1.54, 1.807) is 4.90 Å². The number of hydrogen-bond donors (Lipinski definition) is 1. The smallest absolute Gasteiger partial charge is 0.406 e. The molecular weight excluding hydrogens is 337 g/mol. The van der Waals surface area contributed by atoms with Crippen LogP contribution < -0.4 is 4.74 Å². The van der Waals surface area contributed by atoms with Crippen molar-refractivity contribution in [1.29, 1.82) is 0 Å². The summed E-state index contributed by atoms with van der Waals surface area (Å²) >= 11 is 0. The van der Waals surface area contributed by atoms with Gasteiger partial charge in [0, 0.05) is 38.3 Å². The molecule has 8 heteroatoms. The van der Waals surface area contributed by atoms with Gasteiger partial charge in [0.25, 0.3) is 5.91 Å². The lowest BCUT2D eigenvalue weighted by Crippen LogP contribution is -2.50. The van der Waals surface area contributed by atoms with Crippen LogP contribution in [0.5, 0.6) is 5.75 Å². The summed E-state index contributed by atoms with van der Waals surface area (Å²) in [5, 5.41) is 9.99. The molecule has 2 fully saturated rings. The highest BCUT2D eigenvalue weighted by Crippen LogP contribution is 2.33. The van der Waals surface area contributed by atoms with Gasteiger partial charge < -0.3 is 14.7 Å². The van der Waals surface area contributed by atoms with Crippen LogP contribution in [0.4, 0.5) is 13.2 Å². The van der Waals surface area contributed by atoms with Crippen LogP contribution in [0.15, 0.2) is 24.3 Å². The standard InChI is InChI=1S/C17H21F3N2O3/c18-17(19,20)25-14-5-3-13(4-6-14)16(24)22-9-7-21(8-10-22)11-15(23)12-1-2-12/h3-6,12,15,23H,1-2,7-11H2. The number of aliphatic hydroxyl groups excluding tert-OH is 1. The van der Waals surface area contributed by atoms with Crippen molar-refractivity contribution >= 4 is 5.91 Å². The number of piperazine rings is 1. The fraction of sp³-hybridized carbons (Fsp3) is 0.588. The summed E-state index contributed by atoms with van der Waals surface area (Å²) in [6, 6.07) is 4.96. The van der Waals surface area contributed by atoms with Crippen molar-refractivity contribution in [3.8, 4) is 5.75 Å². The van der Waals surface area contributed by atoms with Gasteiger partial charge >= 0.3 is 6.36 Å². The van der Waals surface area contributed by atoms with E-state index in [4.69, 9.17) is 0 Å². The van der Waals surface area contributed by atoms with Gasteiger partial charge in [-0.05, 0) is 43.0 Å². The molecule has 0 bridgehead atoms. The molecule has 1 saturated carbocycles. The maximum absolute atomic E-state index is 12.4. The zero-order valence-electron chi connectivity index (χ0n) is 13.7. The van der Waals surface area contributed by atoms with E-state index < -0.39 is 6.36 Å². The number of halogens is 3. The summed E-state index contributed by atoms with van der Waals surface area (Å²) in [7, 11) is 0. The normalized spacial score (nSPS) is 20.4. The molecular formula is C17H21F3N2O3. The predicted octanol–water partition coefficient (Wildman–Crippen LogP) is 2.11. The molecule has 0 radical (unpaired) electrons. The van der Waals surface area contributed by atoms with Crippen LogP contribution in [-0.4, -0.2) is 66.0 Å². The Morgan fingerprint density at radius 3 is 2.28 bits per heavy atom. The fourth-order valence-electron chi connectivity index (χ4n) is 3.01. The predicted molar refractivity (Wildman–Crippen MR) is 84.2 cm³/mol. The molecule has 1 aliphatic heterocycles. The Morgan fingerprint density at radius 1 is 1.16 bits per heavy atom. The minimum Gasteiger partial charge on any atom is -0.406 e. The van der Waals surface area contributed by atoms with E-state index in [2.05, 4.69) is 9.64 Å². The lowest BCUT2D eigenvalue weighted by Gasteiger charge is -2.35. The molecule has 1 unspecified atom stereocenters. The average Bonchev–Trinajstić information content (AvgIpc) is 3.39. The molecule has 1 aliphatic carbocycles. The molecule has 1 atom stereocenters. The fourth-order valence-corrected chi connectivity index (χ4v) is 3.01. The SMILES string of the molecule is O=C(c1ccc(OC(F)(F)F)cc1)N1CCN(CC(O)C2CC2)CC1. The third kappa shape index (κ3) is 5.09. The second-order valence-corrected chi connectivity index (χ2v) is 6.57. The summed E-state index contributed by atoms with van der Waals surface area (Å²) < 4.78 is 40.3. The van der Waals surface area contributed by atoms with Crippen LogP contribution in [0.25, 0.3) is 0 Å². The Bertz CT molecular complexity index is 594. The van der Waals surface area contributed by atoms with Gasteiger partial charge in [-0.2, -0.15) is 0 Å². The van der Waals surface area contributed by atoms with Crippen molar-refractivity contribution in [2.45, 2.75) is 25.3 Å². The summed E-state index contributed by atoms with van der Waals surface area (Å²) in [6.07, 6.45) is -2.85. The number of rotatable bonds is 5. The molecule has 1 amide bonds. The van der Waals surface area contributed by atoms with Crippen molar-refractivity contribution in [3.05, 3.63) is 29.8 Å². The molecule has 25 heavy (non-hydrogen) atoms. The van der Waals surface area contributed by atoms with E-state index in [1.807, 2.05) is 0 Å². The second kappa shape index (κ2) is 7.21. The lowest BCUT2D eigenvalue weighted by atomic mass is 10.1. The van der Waals surface area contributed by atoms with Gasteiger partial charge in [0.15, 0.2) is 0 Å². The van der Waals surface area contributed by atoms with E-state index in [0.29, 0.717) is 44.2 Å². The van der Waals surface area contributed by atoms with Gasteiger partial charge in [-0.1, -0.05) is 0 Å². The number of hydrogen-bond acceptors (Lipinski definition) is 4. The number of amides is 1. The molecule has 0 aromatic heterocycles. The lowest BCUT2D eigenvalue weighted by molar-refractivity contribution is -0.274.